The van der Waals surface area contributed by atoms with Gasteiger partial charge in [-0.2, -0.15) is 4.99 Å². The van der Waals surface area contributed by atoms with E-state index in [2.05, 4.69) is 139 Å². The Morgan fingerprint density at radius 3 is 1.64 bits per heavy atom. The summed E-state index contributed by atoms with van der Waals surface area (Å²) in [5.41, 5.74) is 5.06. The Balaban J connectivity index is 1.36. The maximum absolute atomic E-state index is 5.78. The standard InChI is InChI=1S/C47H69N11/c1-7-53(8-2)29-56-42-34-23-15-13-21-32(34)40(49-42)48-41-33-22-14-16-24-35(33)43(50-41)57(30-54(9-3)10-4)45-37-26-18-20-28-39(37)47(52-45)58(31-55(11-5)12-6)46-38-27-19-17-25-36(38)44(56)51-46/h13,15,18,20-21,23,26,28,33,35-36,38,41,44-45,47,52H,7-12,14,16-17,19,22,24-25,27,29-31H2,1-6H3/p+3. The molecule has 11 nitrogen and oxygen atoms in total. The number of aromatic amines is 1. The molecule has 5 heterocycles. The van der Waals surface area contributed by atoms with Crippen LogP contribution in [0.3, 0.4) is 0 Å². The maximum atomic E-state index is 5.78. The fourth-order valence-corrected chi connectivity index (χ4v) is 11.8. The van der Waals surface area contributed by atoms with Crippen molar-refractivity contribution in [2.24, 2.45) is 28.7 Å². The fraction of sp³-hybridized carbons (Fsp3) is 0.660. The number of nitrogens with one attached hydrogen (secondary N) is 4. The molecule has 0 radical (unpaired) electrons. The number of hydrogen-bond donors (Lipinski definition) is 4. The Bertz CT molecular complexity index is 2120. The molecule has 11 heteroatoms. The first-order chi connectivity index (χ1) is 28.5. The van der Waals surface area contributed by atoms with E-state index in [-0.39, 0.29) is 24.7 Å². The first kappa shape index (κ1) is 39.8. The van der Waals surface area contributed by atoms with Gasteiger partial charge in [0.1, 0.15) is 20.0 Å². The lowest BCUT2D eigenvalue weighted by Crippen LogP contribution is -2.54. The van der Waals surface area contributed by atoms with E-state index >= 15 is 0 Å². The molecule has 4 N–H and O–H groups in total. The number of aromatic nitrogens is 1. The minimum absolute atomic E-state index is 0.0115. The summed E-state index contributed by atoms with van der Waals surface area (Å²) in [6, 6.07) is 18.4. The topological polar surface area (TPSA) is 83.0 Å². The van der Waals surface area contributed by atoms with Gasteiger partial charge in [0.25, 0.3) is 17.2 Å². The number of fused-ring (bicyclic) bond motifs is 20. The molecule has 4 aliphatic heterocycles. The van der Waals surface area contributed by atoms with Crippen LogP contribution in [0, 0.1) is 23.7 Å². The van der Waals surface area contributed by atoms with Crippen LogP contribution in [0.5, 0.6) is 0 Å². The van der Waals surface area contributed by atoms with Gasteiger partial charge in [0.15, 0.2) is 18.5 Å². The summed E-state index contributed by atoms with van der Waals surface area (Å²) in [5.74, 6) is 4.69. The van der Waals surface area contributed by atoms with Crippen LogP contribution in [0.15, 0.2) is 53.5 Å². The lowest BCUT2D eigenvalue weighted by atomic mass is 9.79. The normalized spacial score (nSPS) is 29.2. The lowest BCUT2D eigenvalue weighted by molar-refractivity contribution is -0.631. The molecule has 0 amide bonds. The van der Waals surface area contributed by atoms with E-state index in [1.165, 1.54) is 90.4 Å². The third-order valence-electron chi connectivity index (χ3n) is 15.2. The molecule has 8 unspecified atom stereocenters. The summed E-state index contributed by atoms with van der Waals surface area (Å²) in [6.45, 7) is 22.6. The van der Waals surface area contributed by atoms with E-state index in [9.17, 15) is 0 Å². The highest BCUT2D eigenvalue weighted by molar-refractivity contribution is 5.85. The Kier molecular flexibility index (Phi) is 11.8. The number of benzene rings is 2. The predicted octanol–water partition coefficient (Wildman–Crippen LogP) is 4.78. The second-order valence-electron chi connectivity index (χ2n) is 17.9. The van der Waals surface area contributed by atoms with Gasteiger partial charge in [0.2, 0.25) is 11.7 Å². The van der Waals surface area contributed by atoms with Gasteiger partial charge in [-0.15, -0.1) is 0 Å². The van der Waals surface area contributed by atoms with Crippen molar-refractivity contribution in [1.82, 2.24) is 40.2 Å². The highest BCUT2D eigenvalue weighted by atomic mass is 15.4. The van der Waals surface area contributed by atoms with Crippen molar-refractivity contribution in [2.45, 2.75) is 118 Å². The van der Waals surface area contributed by atoms with Gasteiger partial charge in [0.05, 0.1) is 28.5 Å². The lowest BCUT2D eigenvalue weighted by Gasteiger charge is -2.29. The fourth-order valence-electron chi connectivity index (χ4n) is 11.8. The number of rotatable bonds is 12. The zero-order chi connectivity index (χ0) is 39.9. The maximum Gasteiger partial charge on any atom is 0.288 e. The largest absolute Gasteiger partial charge is 0.288 e. The average molecular weight is 791 g/mol. The Labute approximate surface area is 347 Å². The third-order valence-corrected chi connectivity index (χ3v) is 15.2. The molecule has 58 heavy (non-hydrogen) atoms. The van der Waals surface area contributed by atoms with E-state index < -0.39 is 0 Å². The molecule has 4 fully saturated rings. The Hall–Kier alpha value is -3.64. The quantitative estimate of drug-likeness (QED) is 0.198. The van der Waals surface area contributed by atoms with E-state index in [0.29, 0.717) is 23.7 Å². The number of H-pyrrole nitrogens is 1. The monoisotopic (exact) mass is 791 g/mol. The minimum Gasteiger partial charge on any atom is -0.268 e. The second kappa shape index (κ2) is 17.1. The molecule has 0 spiro atoms. The summed E-state index contributed by atoms with van der Waals surface area (Å²) in [6.07, 6.45) is 10.2. The SMILES string of the molecule is CCN(CC)C[N+]1=C2NC(N=c3[nH]c(c4ccccc34)=[N+](CN(CC)CC)C3NC(=[N+](CN(CC)CC)C4NC1c1ccccc14)C1CCCCC13)C1CCCCC21. The van der Waals surface area contributed by atoms with Crippen molar-refractivity contribution in [3.63, 3.8) is 0 Å². The summed E-state index contributed by atoms with van der Waals surface area (Å²) < 4.78 is 8.26. The number of amidine groups is 2. The summed E-state index contributed by atoms with van der Waals surface area (Å²) >= 11 is 0. The predicted molar refractivity (Wildman–Crippen MR) is 234 cm³/mol. The summed E-state index contributed by atoms with van der Waals surface area (Å²) in [5, 5.41) is 15.6. The Morgan fingerprint density at radius 1 is 0.569 bits per heavy atom. The molecule has 2 aliphatic carbocycles. The van der Waals surface area contributed by atoms with Crippen molar-refractivity contribution >= 4 is 22.4 Å². The molecule has 2 saturated heterocycles. The summed E-state index contributed by atoms with van der Waals surface area (Å²) in [4.78, 5) is 17.7. The van der Waals surface area contributed by atoms with Gasteiger partial charge < -0.3 is 0 Å². The van der Waals surface area contributed by atoms with Crippen molar-refractivity contribution < 1.29 is 9.15 Å². The van der Waals surface area contributed by atoms with Crippen LogP contribution in [0.4, 0.5) is 0 Å². The van der Waals surface area contributed by atoms with Crippen molar-refractivity contribution in [3.8, 4) is 0 Å². The molecule has 2 saturated carbocycles. The highest BCUT2D eigenvalue weighted by Crippen LogP contribution is 2.42. The third kappa shape index (κ3) is 7.01. The van der Waals surface area contributed by atoms with Gasteiger partial charge in [-0.05, 0) is 77.1 Å². The van der Waals surface area contributed by atoms with Gasteiger partial charge in [0, 0.05) is 17.0 Å². The second-order valence-corrected chi connectivity index (χ2v) is 17.9. The van der Waals surface area contributed by atoms with Crippen LogP contribution in [-0.4, -0.2) is 112 Å². The van der Waals surface area contributed by atoms with Crippen molar-refractivity contribution in [2.75, 3.05) is 59.3 Å². The molecule has 312 valence electrons. The van der Waals surface area contributed by atoms with Gasteiger partial charge in [-0.25, -0.2) is 29.3 Å². The summed E-state index contributed by atoms with van der Waals surface area (Å²) in [7, 11) is 0. The first-order valence-electron chi connectivity index (χ1n) is 23.4. The molecule has 9 rings (SSSR count). The first-order valence-corrected chi connectivity index (χ1v) is 23.4. The number of hydrogen-bond acceptors (Lipinski definition) is 7. The average Bonchev–Trinajstić information content (AvgIpc) is 4.04. The molecular formula is C47H72N11+3. The van der Waals surface area contributed by atoms with Crippen molar-refractivity contribution in [3.05, 3.63) is 70.6 Å². The van der Waals surface area contributed by atoms with E-state index in [0.717, 1.165) is 64.8 Å². The number of nitrogens with zero attached hydrogens (tertiary/aromatic N) is 7. The van der Waals surface area contributed by atoms with Crippen LogP contribution < -0.4 is 31.5 Å². The van der Waals surface area contributed by atoms with Gasteiger partial charge in [-0.1, -0.05) is 104 Å². The smallest absolute Gasteiger partial charge is 0.268 e. The zero-order valence-corrected chi connectivity index (χ0v) is 36.4. The van der Waals surface area contributed by atoms with E-state index in [4.69, 9.17) is 4.99 Å². The molecule has 1 aromatic heterocycles. The van der Waals surface area contributed by atoms with Crippen molar-refractivity contribution in [1.29, 1.82) is 0 Å². The minimum atomic E-state index is 0.0115. The molecule has 8 bridgehead atoms. The molecular weight excluding hydrogens is 719 g/mol. The van der Waals surface area contributed by atoms with E-state index in [1.54, 1.807) is 0 Å². The Morgan fingerprint density at radius 2 is 1.05 bits per heavy atom. The van der Waals surface area contributed by atoms with Crippen LogP contribution in [0.2, 0.25) is 0 Å². The molecule has 6 aliphatic rings. The molecule has 2 aromatic carbocycles. The van der Waals surface area contributed by atoms with Gasteiger partial charge >= 0.3 is 0 Å². The van der Waals surface area contributed by atoms with Crippen LogP contribution >= 0.6 is 0 Å². The zero-order valence-electron chi connectivity index (χ0n) is 36.4. The van der Waals surface area contributed by atoms with Crippen LogP contribution in [0.25, 0.3) is 10.8 Å². The van der Waals surface area contributed by atoms with Gasteiger partial charge in [-0.3, -0.25) is 20.0 Å². The molecule has 8 atom stereocenters. The van der Waals surface area contributed by atoms with E-state index in [1.807, 2.05) is 0 Å². The van der Waals surface area contributed by atoms with Crippen LogP contribution in [-0.2, 0) is 0 Å². The molecule has 3 aromatic rings. The van der Waals surface area contributed by atoms with Crippen LogP contribution in [0.1, 0.15) is 116 Å². The highest BCUT2D eigenvalue weighted by Gasteiger charge is 2.55.